The Hall–Kier alpha value is -4.16. The van der Waals surface area contributed by atoms with Crippen LogP contribution in [0.3, 0.4) is 0 Å². The number of rotatable bonds is 6. The summed E-state index contributed by atoms with van der Waals surface area (Å²) in [5, 5.41) is 0. The zero-order chi connectivity index (χ0) is 25.3. The molecular weight excluding hydrogens is 506 g/mol. The van der Waals surface area contributed by atoms with E-state index in [1.807, 2.05) is 0 Å². The zero-order valence-electron chi connectivity index (χ0n) is 18.8. The number of carbonyl (C=O) groups excluding carboxylic acids is 2. The topological polar surface area (TPSA) is 125 Å². The molecule has 0 atom stereocenters. The van der Waals surface area contributed by atoms with Gasteiger partial charge in [-0.1, -0.05) is 29.5 Å². The van der Waals surface area contributed by atoms with Gasteiger partial charge >= 0.3 is 5.97 Å². The normalized spacial score (nSPS) is 13.1. The SMILES string of the molecule is COC(=O)Cn1c(=NC(=O)c2ccc(NS(=O)(=O)c3ccccc3)cc2)sc2cc3c(cc21)OCO3. The number of ether oxygens (including phenoxy) is 3. The number of nitrogens with one attached hydrogen (secondary N) is 1. The van der Waals surface area contributed by atoms with Crippen molar-refractivity contribution in [3.63, 3.8) is 0 Å². The number of benzene rings is 3. The zero-order valence-corrected chi connectivity index (χ0v) is 20.5. The Balaban J connectivity index is 1.45. The second kappa shape index (κ2) is 9.47. The monoisotopic (exact) mass is 525 g/mol. The van der Waals surface area contributed by atoms with Gasteiger partial charge < -0.3 is 18.8 Å². The van der Waals surface area contributed by atoms with Gasteiger partial charge in [0.05, 0.1) is 22.2 Å². The summed E-state index contributed by atoms with van der Waals surface area (Å²) < 4.78 is 45.5. The summed E-state index contributed by atoms with van der Waals surface area (Å²) >= 11 is 1.21. The van der Waals surface area contributed by atoms with Gasteiger partial charge in [0, 0.05) is 23.4 Å². The third-order valence-electron chi connectivity index (χ3n) is 5.33. The van der Waals surface area contributed by atoms with Crippen molar-refractivity contribution in [3.05, 3.63) is 77.1 Å². The Labute approximate surface area is 209 Å². The molecule has 5 rings (SSSR count). The van der Waals surface area contributed by atoms with Crippen LogP contribution in [0.15, 0.2) is 76.6 Å². The Morgan fingerprint density at radius 2 is 1.75 bits per heavy atom. The van der Waals surface area contributed by atoms with E-state index in [9.17, 15) is 18.0 Å². The van der Waals surface area contributed by atoms with Crippen molar-refractivity contribution in [1.82, 2.24) is 4.57 Å². The minimum Gasteiger partial charge on any atom is -0.468 e. The van der Waals surface area contributed by atoms with Gasteiger partial charge in [-0.25, -0.2) is 8.42 Å². The van der Waals surface area contributed by atoms with Crippen LogP contribution in [0.2, 0.25) is 0 Å². The van der Waals surface area contributed by atoms with Crippen LogP contribution in [0.4, 0.5) is 5.69 Å². The highest BCUT2D eigenvalue weighted by Crippen LogP contribution is 2.37. The fraction of sp³-hybridized carbons (Fsp3) is 0.125. The molecule has 0 radical (unpaired) electrons. The van der Waals surface area contributed by atoms with Crippen LogP contribution in [-0.2, 0) is 26.1 Å². The second-order valence-electron chi connectivity index (χ2n) is 7.63. The number of aromatic nitrogens is 1. The Morgan fingerprint density at radius 1 is 1.06 bits per heavy atom. The van der Waals surface area contributed by atoms with Gasteiger partial charge in [0.25, 0.3) is 15.9 Å². The number of fused-ring (bicyclic) bond motifs is 2. The van der Waals surface area contributed by atoms with E-state index in [0.29, 0.717) is 22.7 Å². The third-order valence-corrected chi connectivity index (χ3v) is 7.77. The molecule has 0 spiro atoms. The lowest BCUT2D eigenvalue weighted by atomic mass is 10.2. The molecule has 12 heteroatoms. The highest BCUT2D eigenvalue weighted by molar-refractivity contribution is 7.92. The average molecular weight is 526 g/mol. The molecule has 36 heavy (non-hydrogen) atoms. The fourth-order valence-electron chi connectivity index (χ4n) is 3.54. The number of methoxy groups -OCH3 is 1. The largest absolute Gasteiger partial charge is 0.468 e. The first-order valence-electron chi connectivity index (χ1n) is 10.6. The van der Waals surface area contributed by atoms with E-state index in [0.717, 1.165) is 4.70 Å². The lowest BCUT2D eigenvalue weighted by molar-refractivity contribution is -0.141. The molecule has 3 aromatic carbocycles. The summed E-state index contributed by atoms with van der Waals surface area (Å²) in [5.74, 6) is 0.0414. The highest BCUT2D eigenvalue weighted by atomic mass is 32.2. The van der Waals surface area contributed by atoms with Crippen molar-refractivity contribution in [3.8, 4) is 11.5 Å². The Morgan fingerprint density at radius 3 is 2.44 bits per heavy atom. The maximum absolute atomic E-state index is 12.9. The maximum atomic E-state index is 12.9. The number of carbonyl (C=O) groups is 2. The number of hydrogen-bond donors (Lipinski definition) is 1. The summed E-state index contributed by atoms with van der Waals surface area (Å²) in [4.78, 5) is 29.6. The van der Waals surface area contributed by atoms with E-state index in [1.54, 1.807) is 34.9 Å². The van der Waals surface area contributed by atoms with E-state index in [1.165, 1.54) is 54.8 Å². The van der Waals surface area contributed by atoms with E-state index >= 15 is 0 Å². The van der Waals surface area contributed by atoms with Crippen molar-refractivity contribution in [2.75, 3.05) is 18.6 Å². The van der Waals surface area contributed by atoms with Crippen LogP contribution in [0.5, 0.6) is 11.5 Å². The molecule has 2 heterocycles. The number of amides is 1. The molecule has 0 saturated carbocycles. The molecule has 1 aliphatic rings. The van der Waals surface area contributed by atoms with Crippen molar-refractivity contribution < 1.29 is 32.2 Å². The predicted octanol–water partition coefficient (Wildman–Crippen LogP) is 3.15. The van der Waals surface area contributed by atoms with Gasteiger partial charge in [-0.15, -0.1) is 0 Å². The first-order valence-corrected chi connectivity index (χ1v) is 12.9. The molecule has 0 aliphatic carbocycles. The average Bonchev–Trinajstić information content (AvgIpc) is 3.47. The fourth-order valence-corrected chi connectivity index (χ4v) is 5.66. The standard InChI is InChI=1S/C24H19N3O7S2/c1-32-22(28)13-27-18-11-19-20(34-14-33-19)12-21(18)35-24(27)25-23(29)15-7-9-16(10-8-15)26-36(30,31)17-5-3-2-4-6-17/h2-12,26H,13-14H2,1H3. The van der Waals surface area contributed by atoms with Gasteiger partial charge in [-0.05, 0) is 36.4 Å². The molecule has 1 N–H and O–H groups in total. The van der Waals surface area contributed by atoms with Crippen molar-refractivity contribution in [2.45, 2.75) is 11.4 Å². The quantitative estimate of drug-likeness (QED) is 0.383. The number of anilines is 1. The van der Waals surface area contributed by atoms with Gasteiger partial charge in [0.2, 0.25) is 6.79 Å². The van der Waals surface area contributed by atoms with Crippen molar-refractivity contribution in [2.24, 2.45) is 4.99 Å². The molecule has 0 saturated heterocycles. The van der Waals surface area contributed by atoms with Crippen LogP contribution < -0.4 is 19.0 Å². The van der Waals surface area contributed by atoms with E-state index in [2.05, 4.69) is 9.71 Å². The van der Waals surface area contributed by atoms with E-state index in [-0.39, 0.29) is 28.6 Å². The van der Waals surface area contributed by atoms with Crippen LogP contribution >= 0.6 is 11.3 Å². The molecule has 0 bridgehead atoms. The number of esters is 1. The third kappa shape index (κ3) is 4.68. The summed E-state index contributed by atoms with van der Waals surface area (Å²) in [6.07, 6.45) is 0. The Bertz CT molecular complexity index is 1640. The Kier molecular flexibility index (Phi) is 6.20. The first-order chi connectivity index (χ1) is 17.3. The minimum absolute atomic E-state index is 0.108. The van der Waals surface area contributed by atoms with Gasteiger partial charge in [-0.2, -0.15) is 4.99 Å². The van der Waals surface area contributed by atoms with Crippen molar-refractivity contribution in [1.29, 1.82) is 0 Å². The smallest absolute Gasteiger partial charge is 0.325 e. The maximum Gasteiger partial charge on any atom is 0.325 e. The minimum atomic E-state index is -3.76. The first kappa shape index (κ1) is 23.6. The summed E-state index contributed by atoms with van der Waals surface area (Å²) in [6, 6.07) is 17.4. The molecule has 184 valence electrons. The molecule has 4 aromatic rings. The molecule has 1 aliphatic heterocycles. The number of thiazole rings is 1. The second-order valence-corrected chi connectivity index (χ2v) is 10.3. The van der Waals surface area contributed by atoms with Crippen LogP contribution in [0, 0.1) is 0 Å². The summed E-state index contributed by atoms with van der Waals surface area (Å²) in [7, 11) is -2.48. The van der Waals surface area contributed by atoms with Gasteiger partial charge in [-0.3, -0.25) is 14.3 Å². The van der Waals surface area contributed by atoms with Crippen LogP contribution in [0.25, 0.3) is 10.2 Å². The van der Waals surface area contributed by atoms with E-state index < -0.39 is 21.9 Å². The molecule has 1 aromatic heterocycles. The summed E-state index contributed by atoms with van der Waals surface area (Å²) in [6.45, 7) is -0.0424. The molecule has 0 unspecified atom stereocenters. The number of nitrogens with zero attached hydrogens (tertiary/aromatic N) is 2. The predicted molar refractivity (Wildman–Crippen MR) is 132 cm³/mol. The van der Waals surface area contributed by atoms with E-state index in [4.69, 9.17) is 14.2 Å². The van der Waals surface area contributed by atoms with Crippen LogP contribution in [-0.4, -0.2) is 38.8 Å². The number of sulfonamides is 1. The number of hydrogen-bond acceptors (Lipinski definition) is 8. The lowest BCUT2D eigenvalue weighted by Gasteiger charge is -2.08. The highest BCUT2D eigenvalue weighted by Gasteiger charge is 2.20. The molecular formula is C24H19N3O7S2. The molecule has 0 fully saturated rings. The van der Waals surface area contributed by atoms with Crippen molar-refractivity contribution >= 4 is 49.1 Å². The summed E-state index contributed by atoms with van der Waals surface area (Å²) in [5.41, 5.74) is 1.19. The van der Waals surface area contributed by atoms with Crippen LogP contribution in [0.1, 0.15) is 10.4 Å². The molecule has 1 amide bonds. The lowest BCUT2D eigenvalue weighted by Crippen LogP contribution is -2.22. The molecule has 10 nitrogen and oxygen atoms in total. The van der Waals surface area contributed by atoms with Gasteiger partial charge in [0.15, 0.2) is 16.3 Å². The van der Waals surface area contributed by atoms with Gasteiger partial charge in [0.1, 0.15) is 6.54 Å².